The van der Waals surface area contributed by atoms with E-state index >= 15 is 0 Å². The van der Waals surface area contributed by atoms with Crippen LogP contribution in [-0.2, 0) is 15.3 Å². The maximum Gasteiger partial charge on any atom is 0.428 e. The van der Waals surface area contributed by atoms with Crippen LogP contribution >= 0.6 is 23.2 Å². The van der Waals surface area contributed by atoms with E-state index in [0.717, 1.165) is 43.9 Å². The molecule has 40 heavy (non-hydrogen) atoms. The summed E-state index contributed by atoms with van der Waals surface area (Å²) in [5.41, 5.74) is 2.21. The lowest BCUT2D eigenvalue weighted by Crippen LogP contribution is -2.42. The highest BCUT2D eigenvalue weighted by Gasteiger charge is 2.60. The van der Waals surface area contributed by atoms with Gasteiger partial charge in [-0.05, 0) is 47.9 Å². The second-order valence-corrected chi connectivity index (χ2v) is 10.2. The van der Waals surface area contributed by atoms with Gasteiger partial charge in [-0.2, -0.15) is 13.2 Å². The molecule has 3 N–H and O–H groups in total. The van der Waals surface area contributed by atoms with Crippen LogP contribution < -0.4 is 16.3 Å². The monoisotopic (exact) mass is 595 g/mol. The highest BCUT2D eigenvalue weighted by atomic mass is 35.5. The quantitative estimate of drug-likeness (QED) is 0.152. The number of rotatable bonds is 7. The number of hydrogen-bond acceptors (Lipinski definition) is 5. The van der Waals surface area contributed by atoms with Gasteiger partial charge in [0.05, 0.1) is 21.8 Å². The third-order valence-corrected chi connectivity index (χ3v) is 7.42. The molecule has 0 radical (unpaired) electrons. The molecule has 5 rings (SSSR count). The lowest BCUT2D eigenvalue weighted by Gasteiger charge is -2.28. The average Bonchev–Trinajstić information content (AvgIpc) is 3.61. The highest BCUT2D eigenvalue weighted by Crippen LogP contribution is 2.49. The van der Waals surface area contributed by atoms with Crippen molar-refractivity contribution in [3.05, 3.63) is 99.6 Å². The first kappa shape index (κ1) is 28.2. The molecule has 0 saturated heterocycles. The Hall–Kier alpha value is -3.31. The third-order valence-electron chi connectivity index (χ3n) is 6.86. The summed E-state index contributed by atoms with van der Waals surface area (Å²) in [4.78, 5) is 23.6. The molecule has 0 bridgehead atoms. The number of alkyl halides is 3. The van der Waals surface area contributed by atoms with Crippen LogP contribution in [0.5, 0.6) is 0 Å². The standard InChI is InChI=1S/C28H23Cl2F4N3O3/c29-22-13-16(14-23(30)25(22)31)27(28(32,33)34)15-24(37-40-27)20-9-10-21(19-8-4-3-7-18(19)20)26(38)35-11-12-36-39-17-5-1-2-6-17/h3-4,7-15,17,36-37H,1-2,5-6H2,(H,35,38). The van der Waals surface area contributed by atoms with Crippen LogP contribution in [0.15, 0.2) is 67.0 Å². The Kier molecular flexibility index (Phi) is 7.96. The van der Waals surface area contributed by atoms with Gasteiger partial charge in [-0.25, -0.2) is 4.39 Å². The molecule has 2 aliphatic rings. The van der Waals surface area contributed by atoms with E-state index in [1.807, 2.05) is 0 Å². The molecular formula is C28H23Cl2F4N3O3. The smallest absolute Gasteiger partial charge is 0.327 e. The molecule has 6 nitrogen and oxygen atoms in total. The van der Waals surface area contributed by atoms with Gasteiger partial charge in [0.25, 0.3) is 5.91 Å². The zero-order valence-electron chi connectivity index (χ0n) is 20.7. The number of hydrogen-bond donors (Lipinski definition) is 3. The molecule has 1 saturated carbocycles. The molecule has 1 amide bonds. The maximum absolute atomic E-state index is 14.4. The minimum absolute atomic E-state index is 0.00906. The molecule has 0 aromatic heterocycles. The molecule has 210 valence electrons. The number of carbonyl (C=O) groups is 1. The molecule has 1 atom stereocenters. The number of benzene rings is 3. The van der Waals surface area contributed by atoms with Crippen molar-refractivity contribution < 1.29 is 32.0 Å². The van der Waals surface area contributed by atoms with Crippen LogP contribution in [0.25, 0.3) is 16.5 Å². The number of amides is 1. The first-order valence-corrected chi connectivity index (χ1v) is 13.1. The summed E-state index contributed by atoms with van der Waals surface area (Å²) >= 11 is 11.6. The van der Waals surface area contributed by atoms with E-state index in [1.165, 1.54) is 24.5 Å². The SMILES string of the molecule is O=C(NC=CNOC1CCCC1)c1ccc(C2=CC(c3cc(Cl)c(F)c(Cl)c3)(C(F)(F)F)ON2)c2ccccc12. The lowest BCUT2D eigenvalue weighted by molar-refractivity contribution is -0.269. The topological polar surface area (TPSA) is 71.6 Å². The largest absolute Gasteiger partial charge is 0.428 e. The zero-order chi connectivity index (χ0) is 28.5. The summed E-state index contributed by atoms with van der Waals surface area (Å²) in [6, 6.07) is 11.4. The van der Waals surface area contributed by atoms with Gasteiger partial charge in [-0.3, -0.25) is 25.4 Å². The summed E-state index contributed by atoms with van der Waals surface area (Å²) in [6.45, 7) is 0. The van der Waals surface area contributed by atoms with E-state index in [2.05, 4.69) is 16.3 Å². The second-order valence-electron chi connectivity index (χ2n) is 9.40. The second kappa shape index (κ2) is 11.3. The Morgan fingerprint density at radius 2 is 1.73 bits per heavy atom. The lowest BCUT2D eigenvalue weighted by atomic mass is 9.90. The number of hydroxylamine groups is 2. The number of nitrogens with one attached hydrogen (secondary N) is 3. The van der Waals surface area contributed by atoms with Gasteiger partial charge in [0, 0.05) is 29.1 Å². The molecule has 1 aliphatic heterocycles. The van der Waals surface area contributed by atoms with Crippen LogP contribution in [-0.4, -0.2) is 18.2 Å². The van der Waals surface area contributed by atoms with Crippen LogP contribution in [0.2, 0.25) is 10.0 Å². The van der Waals surface area contributed by atoms with Gasteiger partial charge in [0.2, 0.25) is 5.60 Å². The van der Waals surface area contributed by atoms with E-state index in [9.17, 15) is 22.4 Å². The fraction of sp³-hybridized carbons (Fsp3) is 0.250. The summed E-state index contributed by atoms with van der Waals surface area (Å²) in [5, 5.41) is 2.50. The Balaban J connectivity index is 1.45. The number of fused-ring (bicyclic) bond motifs is 1. The third kappa shape index (κ3) is 5.36. The molecular weight excluding hydrogens is 573 g/mol. The van der Waals surface area contributed by atoms with Crippen LogP contribution in [0.1, 0.15) is 47.2 Å². The molecule has 3 aromatic rings. The predicted octanol–water partition coefficient (Wildman–Crippen LogP) is 7.28. The highest BCUT2D eigenvalue weighted by molar-refractivity contribution is 6.35. The summed E-state index contributed by atoms with van der Waals surface area (Å²) in [7, 11) is 0. The van der Waals surface area contributed by atoms with Crippen LogP contribution in [0.4, 0.5) is 17.6 Å². The minimum Gasteiger partial charge on any atom is -0.327 e. The number of halogens is 6. The summed E-state index contributed by atoms with van der Waals surface area (Å²) in [6.07, 6.45) is 3.12. The van der Waals surface area contributed by atoms with Gasteiger partial charge < -0.3 is 5.32 Å². The summed E-state index contributed by atoms with van der Waals surface area (Å²) in [5.74, 6) is -1.46. The first-order chi connectivity index (χ1) is 19.1. The van der Waals surface area contributed by atoms with E-state index in [1.54, 1.807) is 24.3 Å². The maximum atomic E-state index is 14.4. The minimum atomic E-state index is -4.97. The van der Waals surface area contributed by atoms with Crippen LogP contribution in [0.3, 0.4) is 0 Å². The van der Waals surface area contributed by atoms with Crippen molar-refractivity contribution in [3.8, 4) is 0 Å². The predicted molar refractivity (Wildman–Crippen MR) is 143 cm³/mol. The van der Waals surface area contributed by atoms with Crippen molar-refractivity contribution in [2.24, 2.45) is 0 Å². The van der Waals surface area contributed by atoms with Crippen molar-refractivity contribution in [2.45, 2.75) is 43.6 Å². The Morgan fingerprint density at radius 1 is 1.05 bits per heavy atom. The van der Waals surface area contributed by atoms with Crippen LogP contribution in [0, 0.1) is 5.82 Å². The Bertz CT molecular complexity index is 1480. The van der Waals surface area contributed by atoms with E-state index < -0.39 is 39.1 Å². The molecule has 1 fully saturated rings. The molecule has 1 heterocycles. The van der Waals surface area contributed by atoms with Gasteiger partial charge in [-0.15, -0.1) is 0 Å². The molecule has 1 aliphatic carbocycles. The zero-order valence-corrected chi connectivity index (χ0v) is 22.3. The van der Waals surface area contributed by atoms with Crippen molar-refractivity contribution in [2.75, 3.05) is 0 Å². The normalized spacial score (nSPS) is 19.7. The Morgan fingerprint density at radius 3 is 2.40 bits per heavy atom. The fourth-order valence-electron chi connectivity index (χ4n) is 4.85. The van der Waals surface area contributed by atoms with Crippen molar-refractivity contribution in [1.29, 1.82) is 0 Å². The van der Waals surface area contributed by atoms with Crippen molar-refractivity contribution in [3.63, 3.8) is 0 Å². The van der Waals surface area contributed by atoms with Crippen molar-refractivity contribution >= 4 is 45.6 Å². The molecule has 1 unspecified atom stereocenters. The summed E-state index contributed by atoms with van der Waals surface area (Å²) < 4.78 is 57.3. The van der Waals surface area contributed by atoms with E-state index in [-0.39, 0.29) is 11.8 Å². The van der Waals surface area contributed by atoms with Gasteiger partial charge in [-0.1, -0.05) is 66.4 Å². The number of carbonyl (C=O) groups excluding carboxylic acids is 1. The fourth-order valence-corrected chi connectivity index (χ4v) is 5.34. The van der Waals surface area contributed by atoms with Gasteiger partial charge in [0.1, 0.15) is 0 Å². The molecule has 0 spiro atoms. The van der Waals surface area contributed by atoms with Gasteiger partial charge >= 0.3 is 6.18 Å². The first-order valence-electron chi connectivity index (χ1n) is 12.4. The molecule has 3 aromatic carbocycles. The molecule has 12 heteroatoms. The van der Waals surface area contributed by atoms with E-state index in [0.29, 0.717) is 21.9 Å². The average molecular weight is 596 g/mol. The Labute approximate surface area is 236 Å². The van der Waals surface area contributed by atoms with E-state index in [4.69, 9.17) is 32.9 Å². The van der Waals surface area contributed by atoms with Crippen molar-refractivity contribution in [1.82, 2.24) is 16.3 Å². The van der Waals surface area contributed by atoms with Gasteiger partial charge in [0.15, 0.2) is 5.82 Å².